The van der Waals surface area contributed by atoms with E-state index >= 15 is 0 Å². The molecule has 0 aliphatic rings. The van der Waals surface area contributed by atoms with Gasteiger partial charge in [0.2, 0.25) is 0 Å². The Morgan fingerprint density at radius 2 is 1.28 bits per heavy atom. The van der Waals surface area contributed by atoms with Gasteiger partial charge in [0.05, 0.1) is 0 Å². The summed E-state index contributed by atoms with van der Waals surface area (Å²) >= 11 is 6.05. The average Bonchev–Trinajstić information content (AvgIpc) is 2.41. The first-order valence-electron chi connectivity index (χ1n) is 5.67. The third-order valence-corrected chi connectivity index (χ3v) is 3.28. The van der Waals surface area contributed by atoms with Crippen molar-refractivity contribution in [2.75, 3.05) is 0 Å². The molecule has 0 amide bonds. The molecule has 0 saturated carbocycles. The highest BCUT2D eigenvalue weighted by molar-refractivity contribution is 6.30. The monoisotopic (exact) mass is 260 g/mol. The zero-order valence-electron chi connectivity index (χ0n) is 9.66. The maximum atomic E-state index is 11.2. The van der Waals surface area contributed by atoms with Gasteiger partial charge in [-0.3, -0.25) is 4.79 Å². The maximum absolute atomic E-state index is 11.2. The second-order valence-corrected chi connectivity index (χ2v) is 4.51. The van der Waals surface area contributed by atoms with E-state index in [1.807, 2.05) is 60.7 Å². The van der Waals surface area contributed by atoms with Crippen LogP contribution in [0.3, 0.4) is 0 Å². The van der Waals surface area contributed by atoms with Gasteiger partial charge in [0.1, 0.15) is 5.38 Å². The lowest BCUT2D eigenvalue weighted by atomic mass is 9.88. The van der Waals surface area contributed by atoms with Crippen LogP contribution in [-0.2, 0) is 4.79 Å². The van der Waals surface area contributed by atoms with Crippen molar-refractivity contribution in [1.29, 1.82) is 0 Å². The second kappa shape index (κ2) is 5.69. The molecule has 0 saturated heterocycles. The highest BCUT2D eigenvalue weighted by atomic mass is 35.5. The Kier molecular flexibility index (Phi) is 4.00. The summed E-state index contributed by atoms with van der Waals surface area (Å²) in [5, 5.41) is 8.17. The van der Waals surface area contributed by atoms with Crippen LogP contribution in [0, 0.1) is 0 Å². The molecule has 0 radical (unpaired) electrons. The van der Waals surface area contributed by atoms with E-state index in [1.54, 1.807) is 0 Å². The summed E-state index contributed by atoms with van der Waals surface area (Å²) in [7, 11) is 0. The number of aliphatic carboxylic acids is 1. The van der Waals surface area contributed by atoms with Crippen molar-refractivity contribution in [3.8, 4) is 0 Å². The first-order valence-corrected chi connectivity index (χ1v) is 6.10. The summed E-state index contributed by atoms with van der Waals surface area (Å²) in [6.07, 6.45) is 0. The van der Waals surface area contributed by atoms with Gasteiger partial charge in [0, 0.05) is 5.92 Å². The Hall–Kier alpha value is -1.80. The number of carboxylic acid groups (broad SMARTS) is 1. The Morgan fingerprint density at radius 3 is 1.61 bits per heavy atom. The number of carbonyl (C=O) groups is 1. The lowest BCUT2D eigenvalue weighted by Crippen LogP contribution is -2.23. The summed E-state index contributed by atoms with van der Waals surface area (Å²) in [6.45, 7) is 0. The zero-order chi connectivity index (χ0) is 13.0. The van der Waals surface area contributed by atoms with Crippen LogP contribution in [0.2, 0.25) is 0 Å². The van der Waals surface area contributed by atoms with Crippen LogP contribution in [0.1, 0.15) is 17.0 Å². The SMILES string of the molecule is O=C(O)C(Cl)C(c1ccccc1)c1ccccc1. The van der Waals surface area contributed by atoms with Gasteiger partial charge in [0.25, 0.3) is 0 Å². The van der Waals surface area contributed by atoms with Crippen LogP contribution in [0.5, 0.6) is 0 Å². The van der Waals surface area contributed by atoms with Gasteiger partial charge in [-0.25, -0.2) is 0 Å². The van der Waals surface area contributed by atoms with E-state index in [-0.39, 0.29) is 5.92 Å². The molecule has 0 aliphatic heterocycles. The Bertz CT molecular complexity index is 471. The van der Waals surface area contributed by atoms with Crippen molar-refractivity contribution in [2.45, 2.75) is 11.3 Å². The topological polar surface area (TPSA) is 37.3 Å². The third kappa shape index (κ3) is 2.71. The highest BCUT2D eigenvalue weighted by Crippen LogP contribution is 2.31. The van der Waals surface area contributed by atoms with Crippen LogP contribution in [-0.4, -0.2) is 16.5 Å². The van der Waals surface area contributed by atoms with Gasteiger partial charge in [-0.05, 0) is 11.1 Å². The number of hydrogen-bond donors (Lipinski definition) is 1. The van der Waals surface area contributed by atoms with E-state index in [0.717, 1.165) is 11.1 Å². The van der Waals surface area contributed by atoms with Crippen molar-refractivity contribution in [2.24, 2.45) is 0 Å². The van der Waals surface area contributed by atoms with Crippen molar-refractivity contribution in [1.82, 2.24) is 0 Å². The van der Waals surface area contributed by atoms with Crippen LogP contribution in [0.25, 0.3) is 0 Å². The van der Waals surface area contributed by atoms with Gasteiger partial charge in [-0.15, -0.1) is 11.6 Å². The largest absolute Gasteiger partial charge is 0.480 e. The van der Waals surface area contributed by atoms with Crippen LogP contribution in [0.15, 0.2) is 60.7 Å². The minimum absolute atomic E-state index is 0.341. The summed E-state index contributed by atoms with van der Waals surface area (Å²) in [5.41, 5.74) is 1.82. The summed E-state index contributed by atoms with van der Waals surface area (Å²) in [5.74, 6) is -1.35. The number of carboxylic acids is 1. The van der Waals surface area contributed by atoms with Gasteiger partial charge in [-0.1, -0.05) is 60.7 Å². The predicted molar refractivity (Wildman–Crippen MR) is 72.0 cm³/mol. The Balaban J connectivity index is 2.45. The summed E-state index contributed by atoms with van der Waals surface area (Å²) in [4.78, 5) is 11.2. The first kappa shape index (κ1) is 12.7. The molecule has 3 heteroatoms. The fourth-order valence-electron chi connectivity index (χ4n) is 1.99. The highest BCUT2D eigenvalue weighted by Gasteiger charge is 2.28. The van der Waals surface area contributed by atoms with Gasteiger partial charge >= 0.3 is 5.97 Å². The fourth-order valence-corrected chi connectivity index (χ4v) is 2.28. The summed E-state index contributed by atoms with van der Waals surface area (Å²) in [6, 6.07) is 18.9. The molecule has 2 rings (SSSR count). The molecule has 92 valence electrons. The van der Waals surface area contributed by atoms with Crippen molar-refractivity contribution >= 4 is 17.6 Å². The van der Waals surface area contributed by atoms with Crippen LogP contribution in [0.4, 0.5) is 0 Å². The molecule has 0 aromatic heterocycles. The number of halogens is 1. The fraction of sp³-hybridized carbons (Fsp3) is 0.133. The second-order valence-electron chi connectivity index (χ2n) is 4.04. The van der Waals surface area contributed by atoms with Gasteiger partial charge in [-0.2, -0.15) is 0 Å². The molecule has 0 bridgehead atoms. The number of benzene rings is 2. The van der Waals surface area contributed by atoms with Crippen molar-refractivity contribution in [3.63, 3.8) is 0 Å². The van der Waals surface area contributed by atoms with Gasteiger partial charge < -0.3 is 5.11 Å². The van der Waals surface area contributed by atoms with Crippen LogP contribution < -0.4 is 0 Å². The molecule has 1 atom stereocenters. The lowest BCUT2D eigenvalue weighted by molar-refractivity contribution is -0.136. The van der Waals surface area contributed by atoms with E-state index in [4.69, 9.17) is 16.7 Å². The molecule has 1 N–H and O–H groups in total. The number of alkyl halides is 1. The molecule has 0 spiro atoms. The number of hydrogen-bond acceptors (Lipinski definition) is 1. The van der Waals surface area contributed by atoms with E-state index in [9.17, 15) is 4.79 Å². The van der Waals surface area contributed by atoms with Crippen molar-refractivity contribution in [3.05, 3.63) is 71.8 Å². The molecular weight excluding hydrogens is 248 g/mol. The van der Waals surface area contributed by atoms with Gasteiger partial charge in [0.15, 0.2) is 0 Å². The molecule has 2 nitrogen and oxygen atoms in total. The Morgan fingerprint density at radius 1 is 0.889 bits per heavy atom. The normalized spacial score (nSPS) is 12.3. The standard InChI is InChI=1S/C15H13ClO2/c16-14(15(17)18)13(11-7-3-1-4-8-11)12-9-5-2-6-10-12/h1-10,13-14H,(H,17,18). The van der Waals surface area contributed by atoms with E-state index in [2.05, 4.69) is 0 Å². The predicted octanol–water partition coefficient (Wildman–Crippen LogP) is 3.51. The van der Waals surface area contributed by atoms with Crippen molar-refractivity contribution < 1.29 is 9.90 Å². The molecule has 18 heavy (non-hydrogen) atoms. The first-order chi connectivity index (χ1) is 8.70. The lowest BCUT2D eigenvalue weighted by Gasteiger charge is -2.20. The minimum atomic E-state index is -1.01. The molecule has 2 aromatic carbocycles. The third-order valence-electron chi connectivity index (χ3n) is 2.85. The molecule has 0 aliphatic carbocycles. The van der Waals surface area contributed by atoms with E-state index < -0.39 is 11.3 Å². The Labute approximate surface area is 111 Å². The smallest absolute Gasteiger partial charge is 0.322 e. The molecule has 0 fully saturated rings. The van der Waals surface area contributed by atoms with E-state index in [1.165, 1.54) is 0 Å². The average molecular weight is 261 g/mol. The van der Waals surface area contributed by atoms with Crippen LogP contribution >= 0.6 is 11.6 Å². The molecular formula is C15H13ClO2. The molecule has 2 aromatic rings. The minimum Gasteiger partial charge on any atom is -0.480 e. The maximum Gasteiger partial charge on any atom is 0.322 e. The number of rotatable bonds is 4. The molecule has 1 unspecified atom stereocenters. The zero-order valence-corrected chi connectivity index (χ0v) is 10.4. The quantitative estimate of drug-likeness (QED) is 0.854. The van der Waals surface area contributed by atoms with E-state index in [0.29, 0.717) is 0 Å². The summed E-state index contributed by atoms with van der Waals surface area (Å²) < 4.78 is 0. The molecule has 0 heterocycles.